The molecule has 0 fully saturated rings. The summed E-state index contributed by atoms with van der Waals surface area (Å²) in [5.74, 6) is 0.409. The summed E-state index contributed by atoms with van der Waals surface area (Å²) >= 11 is 5.87. The number of rotatable bonds is 2. The Balaban J connectivity index is 2.06. The molecule has 2 aromatic carbocycles. The van der Waals surface area contributed by atoms with Crippen LogP contribution in [0.5, 0.6) is 0 Å². The maximum absolute atomic E-state index is 10.6. The molecular weight excluding hydrogens is 268 g/mol. The first-order chi connectivity index (χ1) is 9.13. The standard InChI is InChI=1S/C13H7ClN2O3/c14-9-3-6-11-12(7-9)19-13(15-11)8-1-4-10(5-2-8)16(17)18/h1-7H. The van der Waals surface area contributed by atoms with Crippen LogP contribution >= 0.6 is 11.6 Å². The number of nitro groups is 1. The van der Waals surface area contributed by atoms with Crippen molar-refractivity contribution in [2.24, 2.45) is 0 Å². The number of non-ortho nitro benzene ring substituents is 1. The maximum atomic E-state index is 10.6. The Bertz CT molecular complexity index is 765. The highest BCUT2D eigenvalue weighted by Crippen LogP contribution is 2.27. The maximum Gasteiger partial charge on any atom is 0.269 e. The predicted molar refractivity (Wildman–Crippen MR) is 71.1 cm³/mol. The van der Waals surface area contributed by atoms with Crippen LogP contribution in [0.4, 0.5) is 5.69 Å². The van der Waals surface area contributed by atoms with E-state index >= 15 is 0 Å². The zero-order valence-electron chi connectivity index (χ0n) is 9.54. The van der Waals surface area contributed by atoms with Gasteiger partial charge in [0.1, 0.15) is 5.52 Å². The van der Waals surface area contributed by atoms with Gasteiger partial charge in [0, 0.05) is 28.8 Å². The molecule has 0 atom stereocenters. The molecule has 94 valence electrons. The van der Waals surface area contributed by atoms with E-state index in [2.05, 4.69) is 4.98 Å². The van der Waals surface area contributed by atoms with Crippen molar-refractivity contribution in [2.45, 2.75) is 0 Å². The Kier molecular flexibility index (Phi) is 2.68. The number of halogens is 1. The highest BCUT2D eigenvalue weighted by atomic mass is 35.5. The largest absolute Gasteiger partial charge is 0.436 e. The van der Waals surface area contributed by atoms with Crippen molar-refractivity contribution < 1.29 is 9.34 Å². The fraction of sp³-hybridized carbons (Fsp3) is 0. The lowest BCUT2D eigenvalue weighted by Gasteiger charge is -1.94. The van der Waals surface area contributed by atoms with Crippen LogP contribution in [0, 0.1) is 10.1 Å². The first kappa shape index (κ1) is 11.7. The van der Waals surface area contributed by atoms with Crippen molar-refractivity contribution in [3.05, 3.63) is 57.6 Å². The SMILES string of the molecule is O=[N+]([O-])c1ccc(-c2nc3ccc(Cl)cc3o2)cc1. The van der Waals surface area contributed by atoms with Crippen molar-refractivity contribution in [1.82, 2.24) is 4.98 Å². The van der Waals surface area contributed by atoms with Gasteiger partial charge in [0.15, 0.2) is 5.58 Å². The average Bonchev–Trinajstić information content (AvgIpc) is 2.81. The number of nitro benzene ring substituents is 1. The first-order valence-electron chi connectivity index (χ1n) is 5.44. The van der Waals surface area contributed by atoms with E-state index in [1.54, 1.807) is 30.3 Å². The third-order valence-electron chi connectivity index (χ3n) is 2.68. The normalized spacial score (nSPS) is 10.8. The van der Waals surface area contributed by atoms with Gasteiger partial charge in [0.25, 0.3) is 5.69 Å². The molecule has 3 aromatic rings. The van der Waals surface area contributed by atoms with Gasteiger partial charge in [0.2, 0.25) is 5.89 Å². The summed E-state index contributed by atoms with van der Waals surface area (Å²) in [5.41, 5.74) is 1.99. The van der Waals surface area contributed by atoms with E-state index in [9.17, 15) is 10.1 Å². The number of aromatic nitrogens is 1. The van der Waals surface area contributed by atoms with Gasteiger partial charge in [-0.25, -0.2) is 4.98 Å². The summed E-state index contributed by atoms with van der Waals surface area (Å²) in [6.07, 6.45) is 0. The number of oxazole rings is 1. The quantitative estimate of drug-likeness (QED) is 0.522. The minimum Gasteiger partial charge on any atom is -0.436 e. The molecular formula is C13H7ClN2O3. The third-order valence-corrected chi connectivity index (χ3v) is 2.91. The highest BCUT2D eigenvalue weighted by molar-refractivity contribution is 6.31. The van der Waals surface area contributed by atoms with Crippen LogP contribution in [0.15, 0.2) is 46.9 Å². The Morgan fingerprint density at radius 2 is 1.89 bits per heavy atom. The third kappa shape index (κ3) is 2.15. The van der Waals surface area contributed by atoms with Gasteiger partial charge < -0.3 is 4.42 Å². The van der Waals surface area contributed by atoms with E-state index in [-0.39, 0.29) is 5.69 Å². The summed E-state index contributed by atoms with van der Waals surface area (Å²) in [5, 5.41) is 11.1. The van der Waals surface area contributed by atoms with E-state index in [0.29, 0.717) is 27.6 Å². The van der Waals surface area contributed by atoms with Gasteiger partial charge in [0.05, 0.1) is 4.92 Å². The number of benzene rings is 2. The Hall–Kier alpha value is -2.40. The number of hydrogen-bond acceptors (Lipinski definition) is 4. The van der Waals surface area contributed by atoms with Gasteiger partial charge in [-0.2, -0.15) is 0 Å². The van der Waals surface area contributed by atoms with Crippen LogP contribution in [0.1, 0.15) is 0 Å². The molecule has 0 spiro atoms. The minimum absolute atomic E-state index is 0.0305. The second kappa shape index (κ2) is 4.37. The van der Waals surface area contributed by atoms with Crippen LogP contribution in [0.3, 0.4) is 0 Å². The van der Waals surface area contributed by atoms with E-state index in [4.69, 9.17) is 16.0 Å². The van der Waals surface area contributed by atoms with Crippen LogP contribution in [0.2, 0.25) is 5.02 Å². The monoisotopic (exact) mass is 274 g/mol. The summed E-state index contributed by atoms with van der Waals surface area (Å²) < 4.78 is 5.57. The molecule has 6 heteroatoms. The molecule has 0 amide bonds. The van der Waals surface area contributed by atoms with Gasteiger partial charge in [-0.05, 0) is 24.3 Å². The van der Waals surface area contributed by atoms with Gasteiger partial charge in [-0.3, -0.25) is 10.1 Å². The fourth-order valence-electron chi connectivity index (χ4n) is 1.75. The fourth-order valence-corrected chi connectivity index (χ4v) is 1.91. The molecule has 0 aliphatic heterocycles. The molecule has 5 nitrogen and oxygen atoms in total. The first-order valence-corrected chi connectivity index (χ1v) is 5.82. The molecule has 1 heterocycles. The van der Waals surface area contributed by atoms with E-state index in [1.165, 1.54) is 12.1 Å². The van der Waals surface area contributed by atoms with Crippen molar-refractivity contribution >= 4 is 28.4 Å². The molecule has 3 rings (SSSR count). The molecule has 19 heavy (non-hydrogen) atoms. The molecule has 0 bridgehead atoms. The molecule has 0 saturated carbocycles. The highest BCUT2D eigenvalue weighted by Gasteiger charge is 2.10. The van der Waals surface area contributed by atoms with Crippen molar-refractivity contribution in [3.8, 4) is 11.5 Å². The van der Waals surface area contributed by atoms with Gasteiger partial charge in [-0.15, -0.1) is 0 Å². The second-order valence-corrected chi connectivity index (χ2v) is 4.37. The lowest BCUT2D eigenvalue weighted by molar-refractivity contribution is -0.384. The summed E-state index contributed by atoms with van der Waals surface area (Å²) in [6, 6.07) is 11.2. The van der Waals surface area contributed by atoms with Crippen LogP contribution in [0.25, 0.3) is 22.6 Å². The Morgan fingerprint density at radius 1 is 1.16 bits per heavy atom. The number of hydrogen-bond donors (Lipinski definition) is 0. The topological polar surface area (TPSA) is 69.2 Å². The lowest BCUT2D eigenvalue weighted by Crippen LogP contribution is -1.87. The molecule has 0 radical (unpaired) electrons. The summed E-state index contributed by atoms with van der Waals surface area (Å²) in [7, 11) is 0. The second-order valence-electron chi connectivity index (χ2n) is 3.94. The Morgan fingerprint density at radius 3 is 2.58 bits per heavy atom. The number of nitrogens with zero attached hydrogens (tertiary/aromatic N) is 2. The summed E-state index contributed by atoms with van der Waals surface area (Å²) in [6.45, 7) is 0. The molecule has 0 aliphatic carbocycles. The molecule has 1 aromatic heterocycles. The molecule has 0 aliphatic rings. The van der Waals surface area contributed by atoms with E-state index < -0.39 is 4.92 Å². The molecule has 0 unspecified atom stereocenters. The van der Waals surface area contributed by atoms with Crippen LogP contribution in [-0.2, 0) is 0 Å². The minimum atomic E-state index is -0.449. The smallest absolute Gasteiger partial charge is 0.269 e. The van der Waals surface area contributed by atoms with E-state index in [1.807, 2.05) is 0 Å². The van der Waals surface area contributed by atoms with Crippen molar-refractivity contribution in [1.29, 1.82) is 0 Å². The van der Waals surface area contributed by atoms with Crippen molar-refractivity contribution in [2.75, 3.05) is 0 Å². The van der Waals surface area contributed by atoms with Crippen molar-refractivity contribution in [3.63, 3.8) is 0 Å². The predicted octanol–water partition coefficient (Wildman–Crippen LogP) is 4.06. The van der Waals surface area contributed by atoms with E-state index in [0.717, 1.165) is 0 Å². The van der Waals surface area contributed by atoms with Gasteiger partial charge in [-0.1, -0.05) is 11.6 Å². The average molecular weight is 275 g/mol. The zero-order valence-corrected chi connectivity index (χ0v) is 10.3. The van der Waals surface area contributed by atoms with Crippen LogP contribution in [-0.4, -0.2) is 9.91 Å². The zero-order chi connectivity index (χ0) is 13.4. The van der Waals surface area contributed by atoms with Crippen LogP contribution < -0.4 is 0 Å². The molecule has 0 N–H and O–H groups in total. The Labute approximate surface area is 112 Å². The van der Waals surface area contributed by atoms with Gasteiger partial charge >= 0.3 is 0 Å². The summed E-state index contributed by atoms with van der Waals surface area (Å²) in [4.78, 5) is 14.4. The number of fused-ring (bicyclic) bond motifs is 1. The molecule has 0 saturated heterocycles. The lowest BCUT2D eigenvalue weighted by atomic mass is 10.2.